The van der Waals surface area contributed by atoms with E-state index < -0.39 is 0 Å². The fraction of sp³-hybridized carbons (Fsp3) is 0.167. The van der Waals surface area contributed by atoms with Crippen molar-refractivity contribution >= 4 is 0 Å². The third-order valence-electron chi connectivity index (χ3n) is 2.13. The van der Waals surface area contributed by atoms with Gasteiger partial charge in [0, 0.05) is 11.6 Å². The fourth-order valence-electron chi connectivity index (χ4n) is 1.35. The molecule has 0 aliphatic rings. The van der Waals surface area contributed by atoms with E-state index >= 15 is 0 Å². The second-order valence-corrected chi connectivity index (χ2v) is 3.41. The number of aromatic hydroxyl groups is 1. The third-order valence-corrected chi connectivity index (χ3v) is 2.13. The fourth-order valence-corrected chi connectivity index (χ4v) is 1.35. The summed E-state index contributed by atoms with van der Waals surface area (Å²) in [4.78, 5) is 0. The molecule has 16 heavy (non-hydrogen) atoms. The Morgan fingerprint density at radius 1 is 1.31 bits per heavy atom. The lowest BCUT2D eigenvalue weighted by atomic mass is 10.3. The maximum Gasteiger partial charge on any atom is 0.123 e. The highest BCUT2D eigenvalue weighted by molar-refractivity contribution is 5.31. The third kappa shape index (κ3) is 2.55. The number of ether oxygens (including phenoxy) is 1. The molecule has 2 rings (SSSR count). The minimum absolute atomic E-state index is 0.187. The topological polar surface area (TPSA) is 68.6 Å². The Morgan fingerprint density at radius 3 is 2.88 bits per heavy atom. The molecule has 0 aliphatic heterocycles. The van der Waals surface area contributed by atoms with Gasteiger partial charge in [0.1, 0.15) is 23.9 Å². The first kappa shape index (κ1) is 10.6. The number of furan rings is 1. The highest BCUT2D eigenvalue weighted by Crippen LogP contribution is 2.19. The highest BCUT2D eigenvalue weighted by atomic mass is 16.5. The lowest BCUT2D eigenvalue weighted by Crippen LogP contribution is -1.95. The van der Waals surface area contributed by atoms with Crippen LogP contribution in [0.25, 0.3) is 0 Å². The molecule has 0 bridgehead atoms. The summed E-state index contributed by atoms with van der Waals surface area (Å²) in [5.74, 6) is 1.54. The van der Waals surface area contributed by atoms with Gasteiger partial charge in [0.15, 0.2) is 0 Å². The van der Waals surface area contributed by atoms with Crippen molar-refractivity contribution in [3.05, 3.63) is 47.9 Å². The molecule has 0 fully saturated rings. The molecule has 1 heterocycles. The molecule has 0 spiro atoms. The minimum Gasteiger partial charge on any atom is -0.508 e. The standard InChI is InChI=1S/C12H13NO3/c13-6-12-4-9(8-16-12)7-15-11-3-1-2-10(14)5-11/h1-5,8,14H,6-7,13H2. The Morgan fingerprint density at radius 2 is 2.19 bits per heavy atom. The van der Waals surface area contributed by atoms with Crippen LogP contribution in [0.2, 0.25) is 0 Å². The molecule has 0 amide bonds. The average molecular weight is 219 g/mol. The number of hydrogen-bond acceptors (Lipinski definition) is 4. The van der Waals surface area contributed by atoms with Crippen molar-refractivity contribution in [3.63, 3.8) is 0 Å². The van der Waals surface area contributed by atoms with Gasteiger partial charge in [0.25, 0.3) is 0 Å². The van der Waals surface area contributed by atoms with E-state index in [4.69, 9.17) is 14.9 Å². The molecule has 4 nitrogen and oxygen atoms in total. The second kappa shape index (κ2) is 4.72. The van der Waals surface area contributed by atoms with E-state index in [0.29, 0.717) is 18.9 Å². The largest absolute Gasteiger partial charge is 0.508 e. The molecule has 0 aliphatic carbocycles. The van der Waals surface area contributed by atoms with Gasteiger partial charge in [-0.05, 0) is 18.2 Å². The van der Waals surface area contributed by atoms with Crippen LogP contribution in [-0.2, 0) is 13.2 Å². The van der Waals surface area contributed by atoms with Gasteiger partial charge in [-0.2, -0.15) is 0 Å². The quantitative estimate of drug-likeness (QED) is 0.825. The SMILES string of the molecule is NCc1cc(COc2cccc(O)c2)co1. The molecule has 0 saturated carbocycles. The van der Waals surface area contributed by atoms with Gasteiger partial charge >= 0.3 is 0 Å². The van der Waals surface area contributed by atoms with Crippen molar-refractivity contribution in [2.75, 3.05) is 0 Å². The van der Waals surface area contributed by atoms with Crippen molar-refractivity contribution in [1.82, 2.24) is 0 Å². The maximum absolute atomic E-state index is 9.24. The Bertz CT molecular complexity index is 465. The van der Waals surface area contributed by atoms with Crippen molar-refractivity contribution in [2.45, 2.75) is 13.2 Å². The summed E-state index contributed by atoms with van der Waals surface area (Å²) in [5, 5.41) is 9.24. The Labute approximate surface area is 93.3 Å². The highest BCUT2D eigenvalue weighted by Gasteiger charge is 2.01. The molecule has 3 N–H and O–H groups in total. The van der Waals surface area contributed by atoms with Crippen molar-refractivity contribution in [1.29, 1.82) is 0 Å². The molecule has 1 aromatic carbocycles. The zero-order chi connectivity index (χ0) is 11.4. The van der Waals surface area contributed by atoms with Gasteiger partial charge in [0.2, 0.25) is 0 Å². The van der Waals surface area contributed by atoms with Crippen LogP contribution in [0, 0.1) is 0 Å². The second-order valence-electron chi connectivity index (χ2n) is 3.41. The van der Waals surface area contributed by atoms with Crippen molar-refractivity contribution < 1.29 is 14.3 Å². The van der Waals surface area contributed by atoms with Gasteiger partial charge in [-0.1, -0.05) is 6.07 Å². The average Bonchev–Trinajstić information content (AvgIpc) is 2.74. The smallest absolute Gasteiger partial charge is 0.123 e. The molecule has 84 valence electrons. The molecule has 4 heteroatoms. The molecule has 0 unspecified atom stereocenters. The number of benzene rings is 1. The number of rotatable bonds is 4. The Balaban J connectivity index is 1.96. The van der Waals surface area contributed by atoms with E-state index in [9.17, 15) is 5.11 Å². The maximum atomic E-state index is 9.24. The van der Waals surface area contributed by atoms with E-state index in [1.54, 1.807) is 30.5 Å². The molecule has 1 aromatic heterocycles. The van der Waals surface area contributed by atoms with Crippen LogP contribution < -0.4 is 10.5 Å². The van der Waals surface area contributed by atoms with Crippen LogP contribution >= 0.6 is 0 Å². The van der Waals surface area contributed by atoms with E-state index in [1.165, 1.54) is 0 Å². The van der Waals surface area contributed by atoms with Crippen LogP contribution in [0.4, 0.5) is 0 Å². The van der Waals surface area contributed by atoms with Crippen LogP contribution in [-0.4, -0.2) is 5.11 Å². The van der Waals surface area contributed by atoms with Crippen molar-refractivity contribution in [3.8, 4) is 11.5 Å². The van der Waals surface area contributed by atoms with E-state index in [0.717, 1.165) is 11.3 Å². The number of hydrogen-bond donors (Lipinski definition) is 2. The molecule has 2 aromatic rings. The predicted molar refractivity (Wildman–Crippen MR) is 59.0 cm³/mol. The van der Waals surface area contributed by atoms with E-state index in [1.807, 2.05) is 6.07 Å². The van der Waals surface area contributed by atoms with Crippen LogP contribution in [0.3, 0.4) is 0 Å². The summed E-state index contributed by atoms with van der Waals surface area (Å²) in [7, 11) is 0. The molecule has 0 atom stereocenters. The Hall–Kier alpha value is -1.94. The van der Waals surface area contributed by atoms with Crippen LogP contribution in [0.5, 0.6) is 11.5 Å². The van der Waals surface area contributed by atoms with Crippen LogP contribution in [0.1, 0.15) is 11.3 Å². The van der Waals surface area contributed by atoms with Crippen molar-refractivity contribution in [2.24, 2.45) is 5.73 Å². The number of nitrogens with two attached hydrogens (primary N) is 1. The molecule has 0 radical (unpaired) electrons. The zero-order valence-electron chi connectivity index (χ0n) is 8.72. The van der Waals surface area contributed by atoms with Gasteiger partial charge in [0.05, 0.1) is 12.8 Å². The summed E-state index contributed by atoms with van der Waals surface area (Å²) < 4.78 is 10.6. The van der Waals surface area contributed by atoms with Crippen LogP contribution in [0.15, 0.2) is 41.0 Å². The van der Waals surface area contributed by atoms with Gasteiger partial charge < -0.3 is 20.0 Å². The first-order valence-corrected chi connectivity index (χ1v) is 4.96. The summed E-state index contributed by atoms with van der Waals surface area (Å²) in [5.41, 5.74) is 6.34. The van der Waals surface area contributed by atoms with Gasteiger partial charge in [-0.3, -0.25) is 0 Å². The van der Waals surface area contributed by atoms with Gasteiger partial charge in [-0.15, -0.1) is 0 Å². The van der Waals surface area contributed by atoms with Gasteiger partial charge in [-0.25, -0.2) is 0 Å². The summed E-state index contributed by atoms with van der Waals surface area (Å²) >= 11 is 0. The molecular formula is C12H13NO3. The van der Waals surface area contributed by atoms with E-state index in [2.05, 4.69) is 0 Å². The normalized spacial score (nSPS) is 10.3. The predicted octanol–water partition coefficient (Wildman–Crippen LogP) is 2.02. The zero-order valence-corrected chi connectivity index (χ0v) is 8.72. The first-order valence-electron chi connectivity index (χ1n) is 4.96. The molecule has 0 saturated heterocycles. The lowest BCUT2D eigenvalue weighted by Gasteiger charge is -2.03. The molecular weight excluding hydrogens is 206 g/mol. The number of phenolic OH excluding ortho intramolecular Hbond substituents is 1. The van der Waals surface area contributed by atoms with E-state index in [-0.39, 0.29) is 5.75 Å². The summed E-state index contributed by atoms with van der Waals surface area (Å²) in [6.45, 7) is 0.777. The summed E-state index contributed by atoms with van der Waals surface area (Å²) in [6.07, 6.45) is 1.62. The number of phenols is 1. The lowest BCUT2D eigenvalue weighted by molar-refractivity contribution is 0.303. The summed E-state index contributed by atoms with van der Waals surface area (Å²) in [6, 6.07) is 8.51. The monoisotopic (exact) mass is 219 g/mol. The Kier molecular flexibility index (Phi) is 3.12. The first-order chi connectivity index (χ1) is 7.78. The minimum atomic E-state index is 0.187.